The van der Waals surface area contributed by atoms with Gasteiger partial charge in [-0.1, -0.05) is 0 Å². The normalized spacial score (nSPS) is 12.7. The van der Waals surface area contributed by atoms with Crippen molar-refractivity contribution in [2.45, 2.75) is 37.1 Å². The van der Waals surface area contributed by atoms with Gasteiger partial charge in [0.1, 0.15) is 0 Å². The van der Waals surface area contributed by atoms with Crippen molar-refractivity contribution in [3.8, 4) is 0 Å². The van der Waals surface area contributed by atoms with Gasteiger partial charge in [-0.25, -0.2) is 0 Å². The number of carboxylic acids is 4. The highest BCUT2D eigenvalue weighted by Crippen LogP contribution is 2.47. The average Bonchev–Trinajstić information content (AvgIpc) is 2.21. The van der Waals surface area contributed by atoms with Crippen molar-refractivity contribution in [1.82, 2.24) is 0 Å². The van der Waals surface area contributed by atoms with Crippen LogP contribution in [0.4, 0.5) is 0 Å². The molecule has 0 saturated carbocycles. The van der Waals surface area contributed by atoms with Crippen LogP contribution < -0.4 is 11.5 Å². The summed E-state index contributed by atoms with van der Waals surface area (Å²) >= 11 is 0. The number of aliphatic carboxylic acids is 4. The van der Waals surface area contributed by atoms with E-state index >= 15 is 0 Å². The number of carbonyl (C=O) groups is 4. The lowest BCUT2D eigenvalue weighted by molar-refractivity contribution is -0.220. The minimum Gasteiger partial charge on any atom is -0.481 e. The van der Waals surface area contributed by atoms with E-state index in [4.69, 9.17) is 31.9 Å². The second-order valence-corrected chi connectivity index (χ2v) is 5.22. The van der Waals surface area contributed by atoms with Gasteiger partial charge in [-0.05, 0) is 0 Å². The number of rotatable bonds is 10. The molecular formula is C11H18N2O10. The molecule has 0 bridgehead atoms. The zero-order valence-electron chi connectivity index (χ0n) is 11.8. The quantitative estimate of drug-likeness (QED) is 0.188. The molecule has 0 saturated heterocycles. The highest BCUT2D eigenvalue weighted by atomic mass is 16.4. The fourth-order valence-corrected chi connectivity index (χ4v) is 2.47. The van der Waals surface area contributed by atoms with Gasteiger partial charge in [-0.15, -0.1) is 0 Å². The third-order valence-corrected chi connectivity index (χ3v) is 3.45. The molecule has 0 aliphatic rings. The Morgan fingerprint density at radius 1 is 0.652 bits per heavy atom. The first-order valence-electron chi connectivity index (χ1n) is 6.06. The van der Waals surface area contributed by atoms with Gasteiger partial charge in [-0.2, -0.15) is 0 Å². The van der Waals surface area contributed by atoms with Gasteiger partial charge in [0.2, 0.25) is 0 Å². The molecule has 0 unspecified atom stereocenters. The van der Waals surface area contributed by atoms with Crippen LogP contribution in [-0.4, -0.2) is 66.0 Å². The highest BCUT2D eigenvalue weighted by Gasteiger charge is 2.63. The third-order valence-electron chi connectivity index (χ3n) is 3.45. The Kier molecular flexibility index (Phi) is 6.19. The molecule has 0 aliphatic carbocycles. The first kappa shape index (κ1) is 20.7. The summed E-state index contributed by atoms with van der Waals surface area (Å²) in [7, 11) is 0. The minimum absolute atomic E-state index is 1.39. The summed E-state index contributed by atoms with van der Waals surface area (Å²) in [5, 5.41) is 55.9. The van der Waals surface area contributed by atoms with Crippen LogP contribution in [0, 0.1) is 5.41 Å². The van der Waals surface area contributed by atoms with Gasteiger partial charge >= 0.3 is 23.9 Å². The zero-order valence-corrected chi connectivity index (χ0v) is 11.8. The van der Waals surface area contributed by atoms with E-state index < -0.39 is 66.4 Å². The second kappa shape index (κ2) is 6.87. The number of carboxylic acid groups (broad SMARTS) is 4. The largest absolute Gasteiger partial charge is 0.481 e. The van der Waals surface area contributed by atoms with Crippen molar-refractivity contribution >= 4 is 23.9 Å². The Labute approximate surface area is 128 Å². The van der Waals surface area contributed by atoms with E-state index in [1.165, 1.54) is 0 Å². The van der Waals surface area contributed by atoms with Gasteiger partial charge in [0.25, 0.3) is 0 Å². The Morgan fingerprint density at radius 2 is 0.913 bits per heavy atom. The Morgan fingerprint density at radius 3 is 1.09 bits per heavy atom. The molecule has 12 heteroatoms. The van der Waals surface area contributed by atoms with Crippen molar-refractivity contribution in [2.75, 3.05) is 0 Å². The first-order chi connectivity index (χ1) is 10.2. The lowest BCUT2D eigenvalue weighted by Crippen LogP contribution is -2.72. The number of nitrogens with two attached hydrogens (primary N) is 2. The molecule has 23 heavy (non-hydrogen) atoms. The van der Waals surface area contributed by atoms with E-state index in [0.29, 0.717) is 0 Å². The van der Waals surface area contributed by atoms with Crippen LogP contribution in [0.1, 0.15) is 25.7 Å². The summed E-state index contributed by atoms with van der Waals surface area (Å²) in [6, 6.07) is 0. The summed E-state index contributed by atoms with van der Waals surface area (Å²) in [6.45, 7) is 0. The Bertz CT molecular complexity index is 477. The molecule has 0 heterocycles. The van der Waals surface area contributed by atoms with Gasteiger partial charge in [0.15, 0.2) is 5.85 Å². The predicted molar refractivity (Wildman–Crippen MR) is 69.7 cm³/mol. The van der Waals surface area contributed by atoms with Crippen molar-refractivity contribution in [1.29, 1.82) is 0 Å². The van der Waals surface area contributed by atoms with Crippen LogP contribution in [0.25, 0.3) is 0 Å². The molecule has 132 valence electrons. The zero-order chi connectivity index (χ0) is 18.6. The van der Waals surface area contributed by atoms with Gasteiger partial charge in [-0.3, -0.25) is 30.6 Å². The van der Waals surface area contributed by atoms with Gasteiger partial charge < -0.3 is 30.6 Å². The lowest BCUT2D eigenvalue weighted by atomic mass is 9.61. The summed E-state index contributed by atoms with van der Waals surface area (Å²) in [4.78, 5) is 43.9. The fraction of sp³-hybridized carbons (Fsp3) is 0.636. The second-order valence-electron chi connectivity index (χ2n) is 5.22. The van der Waals surface area contributed by atoms with E-state index in [1.807, 2.05) is 0 Å². The van der Waals surface area contributed by atoms with Crippen LogP contribution in [0.5, 0.6) is 0 Å². The number of hydrogen-bond acceptors (Lipinski definition) is 8. The van der Waals surface area contributed by atoms with E-state index in [0.717, 1.165) is 0 Å². The lowest BCUT2D eigenvalue weighted by Gasteiger charge is -2.50. The van der Waals surface area contributed by atoms with Crippen molar-refractivity contribution in [3.05, 3.63) is 0 Å². The standard InChI is InChI=1S/C11H18N2O10/c12-11(13,23)9(1-5(14)15,2-6(16)17)10(22,3-7(18)19)4-8(20)21/h22-23H,1-4,12-13H2,(H,14,15)(H,16,17)(H,18,19)(H,20,21). The molecule has 0 fully saturated rings. The summed E-state index contributed by atoms with van der Waals surface area (Å²) in [6.07, 6.45) is -5.59. The highest BCUT2D eigenvalue weighted by molar-refractivity contribution is 5.77. The molecule has 0 radical (unpaired) electrons. The van der Waals surface area contributed by atoms with Crippen molar-refractivity contribution in [2.24, 2.45) is 16.9 Å². The molecule has 0 spiro atoms. The molecule has 0 atom stereocenters. The Balaban J connectivity index is 6.48. The number of aliphatic hydroxyl groups is 2. The SMILES string of the molecule is NC(N)(O)C(CC(=O)O)(CC(=O)O)C(O)(CC(=O)O)CC(=O)O. The van der Waals surface area contributed by atoms with E-state index in [2.05, 4.69) is 0 Å². The maximum Gasteiger partial charge on any atom is 0.306 e. The molecule has 0 aromatic carbocycles. The first-order valence-corrected chi connectivity index (χ1v) is 6.06. The molecule has 0 rings (SSSR count). The molecule has 0 aromatic rings. The van der Waals surface area contributed by atoms with Gasteiger partial charge in [0, 0.05) is 0 Å². The summed E-state index contributed by atoms with van der Waals surface area (Å²) in [5.41, 5.74) is 4.47. The molecule has 0 aliphatic heterocycles. The minimum atomic E-state index is -3.20. The average molecular weight is 338 g/mol. The van der Waals surface area contributed by atoms with Crippen LogP contribution in [-0.2, 0) is 19.2 Å². The predicted octanol–water partition coefficient (Wildman–Crippen LogP) is -2.83. The smallest absolute Gasteiger partial charge is 0.306 e. The van der Waals surface area contributed by atoms with Crippen LogP contribution in [0.3, 0.4) is 0 Å². The molecular weight excluding hydrogens is 320 g/mol. The van der Waals surface area contributed by atoms with Crippen molar-refractivity contribution < 1.29 is 49.8 Å². The maximum absolute atomic E-state index is 11.0. The molecule has 0 amide bonds. The third kappa shape index (κ3) is 4.85. The van der Waals surface area contributed by atoms with Crippen molar-refractivity contribution in [3.63, 3.8) is 0 Å². The number of hydrogen-bond donors (Lipinski definition) is 8. The molecule has 12 nitrogen and oxygen atoms in total. The monoisotopic (exact) mass is 338 g/mol. The van der Waals surface area contributed by atoms with Gasteiger partial charge in [0.05, 0.1) is 36.7 Å². The maximum atomic E-state index is 11.0. The van der Waals surface area contributed by atoms with E-state index in [1.54, 1.807) is 0 Å². The topological polar surface area (TPSA) is 242 Å². The fourth-order valence-electron chi connectivity index (χ4n) is 2.47. The Hall–Kier alpha value is -2.28. The van der Waals surface area contributed by atoms with Crippen LogP contribution >= 0.6 is 0 Å². The molecule has 10 N–H and O–H groups in total. The van der Waals surface area contributed by atoms with Crippen LogP contribution in [0.2, 0.25) is 0 Å². The summed E-state index contributed by atoms with van der Waals surface area (Å²) < 4.78 is 0. The van der Waals surface area contributed by atoms with E-state index in [9.17, 15) is 29.4 Å². The van der Waals surface area contributed by atoms with E-state index in [-0.39, 0.29) is 0 Å². The molecule has 0 aromatic heterocycles. The van der Waals surface area contributed by atoms with Crippen LogP contribution in [0.15, 0.2) is 0 Å². The summed E-state index contributed by atoms with van der Waals surface area (Å²) in [5.74, 6) is -10.3.